The van der Waals surface area contributed by atoms with Gasteiger partial charge in [0.25, 0.3) is 0 Å². The maximum absolute atomic E-state index is 14.1. The Morgan fingerprint density at radius 2 is 0.591 bits per heavy atom. The Morgan fingerprint density at radius 3 is 1.07 bits per heavy atom. The largest absolute Gasteiger partial charge is 0.289 e. The molecule has 0 fully saturated rings. The Morgan fingerprint density at radius 1 is 0.273 bits per heavy atom. The molecule has 0 unspecified atom stereocenters. The van der Waals surface area contributed by atoms with Crippen LogP contribution >= 0.6 is 0 Å². The van der Waals surface area contributed by atoms with Crippen LogP contribution in [0.1, 0.15) is 31.8 Å². The van der Waals surface area contributed by atoms with Gasteiger partial charge in [-0.3, -0.25) is 9.59 Å². The van der Waals surface area contributed by atoms with Crippen LogP contribution in [0.2, 0.25) is 0 Å². The normalized spacial score (nSPS) is 11.8. The lowest BCUT2D eigenvalue weighted by atomic mass is 9.84. The van der Waals surface area contributed by atoms with E-state index < -0.39 is 0 Å². The van der Waals surface area contributed by atoms with E-state index in [9.17, 15) is 9.59 Å². The summed E-state index contributed by atoms with van der Waals surface area (Å²) in [6, 6.07) is 48.5. The minimum atomic E-state index is 0.0190. The van der Waals surface area contributed by atoms with E-state index in [1.165, 1.54) is 0 Å². The summed E-state index contributed by atoms with van der Waals surface area (Å²) in [5.41, 5.74) is 2.80. The number of benzene rings is 9. The van der Waals surface area contributed by atoms with E-state index in [4.69, 9.17) is 0 Å². The molecule has 0 aliphatic carbocycles. The summed E-state index contributed by atoms with van der Waals surface area (Å²) in [7, 11) is 0. The average Bonchev–Trinajstić information content (AvgIpc) is 3.09. The smallest absolute Gasteiger partial charge is 0.194 e. The van der Waals surface area contributed by atoms with Gasteiger partial charge in [0.1, 0.15) is 0 Å². The van der Waals surface area contributed by atoms with E-state index in [2.05, 4.69) is 36.4 Å². The fourth-order valence-electron chi connectivity index (χ4n) is 7.24. The predicted octanol–water partition coefficient (Wildman–Crippen LogP) is 10.5. The lowest BCUT2D eigenvalue weighted by Crippen LogP contribution is -2.05. The molecule has 2 nitrogen and oxygen atoms in total. The maximum atomic E-state index is 14.1. The SMILES string of the molecule is O=C(c1cccc2ccccc12)c1ccc2c3cccc4c(C(=O)c5cccc6ccccc56)ccc(c5cccc1c52)c43. The standard InChI is InChI=1S/C42H24O2/c43-41(35-19-5-11-25-9-1-3-13-27(25)35)37-23-21-33-30-16-8-18-32-38(42(44)36-20-6-12-26-10-2-4-14-28(26)36)24-22-34(40(30)32)29-15-7-17-31(37)39(29)33/h1-24H. The summed E-state index contributed by atoms with van der Waals surface area (Å²) >= 11 is 0. The molecule has 44 heavy (non-hydrogen) atoms. The van der Waals surface area contributed by atoms with Gasteiger partial charge >= 0.3 is 0 Å². The van der Waals surface area contributed by atoms with Gasteiger partial charge in [0.05, 0.1) is 0 Å². The molecule has 9 rings (SSSR count). The van der Waals surface area contributed by atoms with Crippen molar-refractivity contribution in [3.05, 3.63) is 168 Å². The van der Waals surface area contributed by atoms with Gasteiger partial charge in [-0.15, -0.1) is 0 Å². The van der Waals surface area contributed by atoms with Crippen molar-refractivity contribution in [3.8, 4) is 0 Å². The molecule has 9 aromatic carbocycles. The Bertz CT molecular complexity index is 2430. The van der Waals surface area contributed by atoms with Gasteiger partial charge in [-0.05, 0) is 76.8 Å². The second-order valence-electron chi connectivity index (χ2n) is 11.5. The predicted molar refractivity (Wildman–Crippen MR) is 182 cm³/mol. The topological polar surface area (TPSA) is 34.1 Å². The molecule has 0 radical (unpaired) electrons. The number of rotatable bonds is 4. The van der Waals surface area contributed by atoms with Gasteiger partial charge in [0.15, 0.2) is 11.6 Å². The summed E-state index contributed by atoms with van der Waals surface area (Å²) in [4.78, 5) is 28.3. The van der Waals surface area contributed by atoms with Crippen molar-refractivity contribution in [2.75, 3.05) is 0 Å². The van der Waals surface area contributed by atoms with Gasteiger partial charge in [-0.1, -0.05) is 133 Å². The number of hydrogen-bond donors (Lipinski definition) is 0. The monoisotopic (exact) mass is 560 g/mol. The Labute approximate surface area is 253 Å². The van der Waals surface area contributed by atoms with Crippen molar-refractivity contribution in [3.63, 3.8) is 0 Å². The third-order valence-electron chi connectivity index (χ3n) is 9.22. The third-order valence-corrected chi connectivity index (χ3v) is 9.22. The van der Waals surface area contributed by atoms with Crippen LogP contribution in [0.3, 0.4) is 0 Å². The summed E-state index contributed by atoms with van der Waals surface area (Å²) in [6.45, 7) is 0. The zero-order valence-electron chi connectivity index (χ0n) is 23.7. The summed E-state index contributed by atoms with van der Waals surface area (Å²) < 4.78 is 0. The molecule has 9 aromatic rings. The molecule has 0 atom stereocenters. The molecule has 0 spiro atoms. The number of fused-ring (bicyclic) bond motifs is 4. The van der Waals surface area contributed by atoms with E-state index in [-0.39, 0.29) is 11.6 Å². The zero-order chi connectivity index (χ0) is 29.4. The molecule has 0 aliphatic heterocycles. The number of carbonyl (C=O) groups excluding carboxylic acids is 2. The van der Waals surface area contributed by atoms with E-state index in [0.29, 0.717) is 22.3 Å². The van der Waals surface area contributed by atoms with Crippen molar-refractivity contribution in [1.29, 1.82) is 0 Å². The lowest BCUT2D eigenvalue weighted by Gasteiger charge is -2.18. The summed E-state index contributed by atoms with van der Waals surface area (Å²) in [6.07, 6.45) is 0. The fraction of sp³-hybridized carbons (Fsp3) is 0. The first-order chi connectivity index (χ1) is 21.7. The molecule has 204 valence electrons. The lowest BCUT2D eigenvalue weighted by molar-refractivity contribution is 0.103. The van der Waals surface area contributed by atoms with E-state index >= 15 is 0 Å². The minimum absolute atomic E-state index is 0.0190. The van der Waals surface area contributed by atoms with E-state index in [0.717, 1.165) is 64.6 Å². The van der Waals surface area contributed by atoms with Crippen LogP contribution in [0.25, 0.3) is 64.6 Å². The Kier molecular flexibility index (Phi) is 5.24. The van der Waals surface area contributed by atoms with Crippen LogP contribution in [0, 0.1) is 0 Å². The minimum Gasteiger partial charge on any atom is -0.289 e. The van der Waals surface area contributed by atoms with Crippen LogP contribution in [-0.4, -0.2) is 11.6 Å². The Balaban J connectivity index is 1.29. The number of carbonyl (C=O) groups is 2. The molecule has 2 heteroatoms. The van der Waals surface area contributed by atoms with Gasteiger partial charge < -0.3 is 0 Å². The molecular weight excluding hydrogens is 536 g/mol. The molecule has 0 saturated heterocycles. The van der Waals surface area contributed by atoms with Crippen molar-refractivity contribution >= 4 is 76.2 Å². The number of hydrogen-bond acceptors (Lipinski definition) is 2. The fourth-order valence-corrected chi connectivity index (χ4v) is 7.24. The van der Waals surface area contributed by atoms with Crippen molar-refractivity contribution in [2.24, 2.45) is 0 Å². The van der Waals surface area contributed by atoms with Gasteiger partial charge in [0, 0.05) is 22.3 Å². The van der Waals surface area contributed by atoms with Gasteiger partial charge in [-0.25, -0.2) is 0 Å². The highest BCUT2D eigenvalue weighted by atomic mass is 16.1. The van der Waals surface area contributed by atoms with Crippen LogP contribution in [0.5, 0.6) is 0 Å². The molecule has 0 N–H and O–H groups in total. The van der Waals surface area contributed by atoms with E-state index in [1.807, 2.05) is 109 Å². The zero-order valence-corrected chi connectivity index (χ0v) is 23.7. The molecule has 0 bridgehead atoms. The third kappa shape index (κ3) is 3.43. The highest BCUT2D eigenvalue weighted by Crippen LogP contribution is 2.43. The second-order valence-corrected chi connectivity index (χ2v) is 11.5. The van der Waals surface area contributed by atoms with Crippen LogP contribution in [0.4, 0.5) is 0 Å². The molecule has 0 amide bonds. The first-order valence-corrected chi connectivity index (χ1v) is 14.9. The highest BCUT2D eigenvalue weighted by molar-refractivity contribution is 6.37. The molecular formula is C42H24O2. The quantitative estimate of drug-likeness (QED) is 0.122. The molecule has 0 heterocycles. The van der Waals surface area contributed by atoms with Gasteiger partial charge in [0.2, 0.25) is 0 Å². The second kappa shape index (κ2) is 9.32. The summed E-state index contributed by atoms with van der Waals surface area (Å²) in [5, 5.41) is 12.4. The first-order valence-electron chi connectivity index (χ1n) is 14.9. The maximum Gasteiger partial charge on any atom is 0.194 e. The van der Waals surface area contributed by atoms with Crippen molar-refractivity contribution in [1.82, 2.24) is 0 Å². The summed E-state index contributed by atoms with van der Waals surface area (Å²) in [5.74, 6) is 0.0380. The number of ketones is 2. The van der Waals surface area contributed by atoms with Crippen LogP contribution in [-0.2, 0) is 0 Å². The highest BCUT2D eigenvalue weighted by Gasteiger charge is 2.22. The Hall–Kier alpha value is -5.86. The molecule has 0 aromatic heterocycles. The van der Waals surface area contributed by atoms with Crippen LogP contribution < -0.4 is 0 Å². The average molecular weight is 561 g/mol. The molecule has 0 saturated carbocycles. The van der Waals surface area contributed by atoms with Crippen molar-refractivity contribution < 1.29 is 9.59 Å². The first kappa shape index (κ1) is 24.7. The van der Waals surface area contributed by atoms with Crippen molar-refractivity contribution in [2.45, 2.75) is 0 Å². The van der Waals surface area contributed by atoms with E-state index in [1.54, 1.807) is 0 Å². The van der Waals surface area contributed by atoms with Crippen LogP contribution in [0.15, 0.2) is 146 Å². The molecule has 0 aliphatic rings. The van der Waals surface area contributed by atoms with Gasteiger partial charge in [-0.2, -0.15) is 0 Å².